The highest BCUT2D eigenvalue weighted by atomic mass is 32.1. The first-order valence-electron chi connectivity index (χ1n) is 7.09. The number of rotatable bonds is 4. The summed E-state index contributed by atoms with van der Waals surface area (Å²) in [5.74, 6) is -0.00215. The molecule has 1 unspecified atom stereocenters. The fraction of sp³-hybridized carbons (Fsp3) is 0.400. The molecule has 0 aliphatic heterocycles. The van der Waals surface area contributed by atoms with E-state index in [1.54, 1.807) is 13.0 Å². The van der Waals surface area contributed by atoms with Crippen molar-refractivity contribution in [1.82, 2.24) is 5.16 Å². The Bertz CT molecular complexity index is 697. The van der Waals surface area contributed by atoms with E-state index < -0.39 is 18.0 Å². The molecule has 116 valence electrons. The average molecular weight is 320 g/mol. The van der Waals surface area contributed by atoms with Gasteiger partial charge in [-0.25, -0.2) is 4.79 Å². The van der Waals surface area contributed by atoms with E-state index >= 15 is 0 Å². The fourth-order valence-electron chi connectivity index (χ4n) is 2.35. The van der Waals surface area contributed by atoms with E-state index in [-0.39, 0.29) is 0 Å². The van der Waals surface area contributed by atoms with E-state index in [1.165, 1.54) is 28.7 Å². The van der Waals surface area contributed by atoms with Crippen LogP contribution in [0, 0.1) is 6.92 Å². The van der Waals surface area contributed by atoms with E-state index in [9.17, 15) is 9.59 Å². The number of hydrogen-bond donors (Lipinski definition) is 1. The fourth-order valence-corrected chi connectivity index (χ4v) is 3.49. The molecular formula is C15H16N2O4S. The summed E-state index contributed by atoms with van der Waals surface area (Å²) in [6, 6.07) is 3.47. The predicted octanol–water partition coefficient (Wildman–Crippen LogP) is 2.72. The van der Waals surface area contributed by atoms with Crippen LogP contribution in [0.3, 0.4) is 0 Å². The average Bonchev–Trinajstić information content (AvgIpc) is 3.14. The van der Waals surface area contributed by atoms with Crippen LogP contribution in [0.15, 0.2) is 16.7 Å². The quantitative estimate of drug-likeness (QED) is 0.876. The Balaban J connectivity index is 1.59. The van der Waals surface area contributed by atoms with E-state index in [2.05, 4.69) is 10.5 Å². The second-order valence-corrected chi connectivity index (χ2v) is 6.41. The maximum atomic E-state index is 12.1. The molecule has 0 fully saturated rings. The van der Waals surface area contributed by atoms with Crippen LogP contribution in [0.1, 0.15) is 39.2 Å². The van der Waals surface area contributed by atoms with Crippen molar-refractivity contribution in [3.05, 3.63) is 33.2 Å². The first-order chi connectivity index (χ1) is 10.5. The Morgan fingerprint density at radius 1 is 1.41 bits per heavy atom. The van der Waals surface area contributed by atoms with Gasteiger partial charge in [0.2, 0.25) is 0 Å². The molecule has 0 bridgehead atoms. The van der Waals surface area contributed by atoms with Gasteiger partial charge in [-0.2, -0.15) is 0 Å². The first kappa shape index (κ1) is 14.8. The topological polar surface area (TPSA) is 81.4 Å². The normalized spacial score (nSPS) is 14.5. The van der Waals surface area contributed by atoms with Gasteiger partial charge < -0.3 is 14.6 Å². The van der Waals surface area contributed by atoms with E-state index in [0.29, 0.717) is 16.5 Å². The molecule has 1 N–H and O–H groups in total. The molecule has 0 saturated heterocycles. The van der Waals surface area contributed by atoms with Gasteiger partial charge in [0, 0.05) is 10.9 Å². The number of amides is 1. The van der Waals surface area contributed by atoms with Crippen molar-refractivity contribution in [3.8, 4) is 0 Å². The number of nitrogens with zero attached hydrogens (tertiary/aromatic N) is 1. The number of ether oxygens (including phenoxy) is 1. The maximum Gasteiger partial charge on any atom is 0.349 e. The van der Waals surface area contributed by atoms with Crippen molar-refractivity contribution in [3.63, 3.8) is 0 Å². The van der Waals surface area contributed by atoms with Gasteiger partial charge in [-0.1, -0.05) is 5.16 Å². The van der Waals surface area contributed by atoms with E-state index in [1.807, 2.05) is 6.07 Å². The molecule has 1 atom stereocenters. The van der Waals surface area contributed by atoms with Crippen LogP contribution in [0.25, 0.3) is 0 Å². The zero-order valence-corrected chi connectivity index (χ0v) is 13.2. The first-order valence-corrected chi connectivity index (χ1v) is 7.91. The largest absolute Gasteiger partial charge is 0.448 e. The summed E-state index contributed by atoms with van der Waals surface area (Å²) in [6.45, 7) is 3.25. The number of anilines is 1. The lowest BCUT2D eigenvalue weighted by atomic mass is 10.2. The molecule has 0 radical (unpaired) electrons. The number of carbonyl (C=O) groups excluding carboxylic acids is 2. The summed E-state index contributed by atoms with van der Waals surface area (Å²) < 4.78 is 10.1. The van der Waals surface area contributed by atoms with Crippen molar-refractivity contribution < 1.29 is 18.8 Å². The molecule has 22 heavy (non-hydrogen) atoms. The number of hydrogen-bond acceptors (Lipinski definition) is 6. The molecule has 1 aliphatic rings. The number of aromatic nitrogens is 1. The number of aryl methyl sites for hydroxylation is 3. The number of fused-ring (bicyclic) bond motifs is 1. The highest BCUT2D eigenvalue weighted by Crippen LogP contribution is 2.31. The summed E-state index contributed by atoms with van der Waals surface area (Å²) >= 11 is 1.46. The minimum absolute atomic E-state index is 0.306. The Morgan fingerprint density at radius 2 is 2.23 bits per heavy atom. The van der Waals surface area contributed by atoms with Crippen LogP contribution in [-0.2, 0) is 22.4 Å². The summed E-state index contributed by atoms with van der Waals surface area (Å²) in [5.41, 5.74) is 1.23. The van der Waals surface area contributed by atoms with Crippen LogP contribution in [0.4, 0.5) is 5.82 Å². The Morgan fingerprint density at radius 3 is 2.91 bits per heavy atom. The zero-order chi connectivity index (χ0) is 15.7. The third kappa shape index (κ3) is 3.04. The lowest BCUT2D eigenvalue weighted by Crippen LogP contribution is -2.29. The van der Waals surface area contributed by atoms with Gasteiger partial charge in [0.25, 0.3) is 5.91 Å². The second-order valence-electron chi connectivity index (χ2n) is 5.27. The summed E-state index contributed by atoms with van der Waals surface area (Å²) in [7, 11) is 0. The molecular weight excluding hydrogens is 304 g/mol. The Labute approximate surface area is 131 Å². The lowest BCUT2D eigenvalue weighted by Gasteiger charge is -2.11. The van der Waals surface area contributed by atoms with Gasteiger partial charge in [0.05, 0.1) is 0 Å². The molecule has 3 rings (SSSR count). The van der Waals surface area contributed by atoms with E-state index in [0.717, 1.165) is 19.3 Å². The van der Waals surface area contributed by atoms with E-state index in [4.69, 9.17) is 9.26 Å². The molecule has 1 aliphatic carbocycles. The molecule has 0 aromatic carbocycles. The molecule has 0 saturated carbocycles. The number of nitrogens with one attached hydrogen (secondary N) is 1. The SMILES string of the molecule is Cc1cc(NC(=O)C(C)OC(=O)c2cc3c(s2)CCC3)no1. The van der Waals surface area contributed by atoms with Crippen molar-refractivity contribution in [1.29, 1.82) is 0 Å². The highest BCUT2D eigenvalue weighted by molar-refractivity contribution is 7.14. The lowest BCUT2D eigenvalue weighted by molar-refractivity contribution is -0.123. The van der Waals surface area contributed by atoms with Gasteiger partial charge in [0.15, 0.2) is 11.9 Å². The monoisotopic (exact) mass is 320 g/mol. The van der Waals surface area contributed by atoms with Gasteiger partial charge in [-0.15, -0.1) is 11.3 Å². The van der Waals surface area contributed by atoms with Crippen molar-refractivity contribution in [2.24, 2.45) is 0 Å². The molecule has 7 heteroatoms. The van der Waals surface area contributed by atoms with Crippen molar-refractivity contribution in [2.45, 2.75) is 39.2 Å². The van der Waals surface area contributed by atoms with Gasteiger partial charge in [-0.3, -0.25) is 4.79 Å². The molecule has 2 aromatic heterocycles. The molecule has 0 spiro atoms. The van der Waals surface area contributed by atoms with Crippen molar-refractivity contribution >= 4 is 29.0 Å². The van der Waals surface area contributed by atoms with Gasteiger partial charge >= 0.3 is 5.97 Å². The summed E-state index contributed by atoms with van der Waals surface area (Å²) in [4.78, 5) is 25.9. The molecule has 6 nitrogen and oxygen atoms in total. The van der Waals surface area contributed by atoms with Gasteiger partial charge in [0.1, 0.15) is 10.6 Å². The smallest absolute Gasteiger partial charge is 0.349 e. The van der Waals surface area contributed by atoms with Crippen LogP contribution in [0.5, 0.6) is 0 Å². The van der Waals surface area contributed by atoms with Crippen LogP contribution in [-0.4, -0.2) is 23.1 Å². The number of esters is 1. The third-order valence-corrected chi connectivity index (χ3v) is 4.70. The van der Waals surface area contributed by atoms with Gasteiger partial charge in [-0.05, 0) is 44.7 Å². The number of carbonyl (C=O) groups is 2. The van der Waals surface area contributed by atoms with Crippen molar-refractivity contribution in [2.75, 3.05) is 5.32 Å². The summed E-state index contributed by atoms with van der Waals surface area (Å²) in [6.07, 6.45) is 2.28. The Hall–Kier alpha value is -2.15. The zero-order valence-electron chi connectivity index (χ0n) is 12.3. The number of thiophene rings is 1. The molecule has 2 aromatic rings. The summed E-state index contributed by atoms with van der Waals surface area (Å²) in [5, 5.41) is 6.20. The highest BCUT2D eigenvalue weighted by Gasteiger charge is 2.23. The molecule has 2 heterocycles. The minimum Gasteiger partial charge on any atom is -0.448 e. The predicted molar refractivity (Wildman–Crippen MR) is 81.1 cm³/mol. The maximum absolute atomic E-state index is 12.1. The standard InChI is InChI=1S/C15H16N2O4S/c1-8-6-13(17-21-8)16-14(18)9(2)20-15(19)12-7-10-4-3-5-11(10)22-12/h6-7,9H,3-5H2,1-2H3,(H,16,17,18). The minimum atomic E-state index is -0.901. The van der Waals surface area contributed by atoms with Crippen LogP contribution in [0.2, 0.25) is 0 Å². The van der Waals surface area contributed by atoms with Crippen LogP contribution < -0.4 is 5.32 Å². The van der Waals surface area contributed by atoms with Crippen LogP contribution >= 0.6 is 11.3 Å². The second kappa shape index (κ2) is 5.92. The third-order valence-electron chi connectivity index (χ3n) is 3.48. The Kier molecular flexibility index (Phi) is 3.98. The molecule has 1 amide bonds.